The molecule has 158 valence electrons. The molecule has 0 unspecified atom stereocenters. The summed E-state index contributed by atoms with van der Waals surface area (Å²) in [5, 5.41) is 3.62. The summed E-state index contributed by atoms with van der Waals surface area (Å²) in [5.74, 6) is 0.295. The van der Waals surface area contributed by atoms with E-state index in [0.29, 0.717) is 42.1 Å². The Balaban J connectivity index is 1.74. The molecule has 0 saturated carbocycles. The lowest BCUT2D eigenvalue weighted by molar-refractivity contribution is -0.140. The van der Waals surface area contributed by atoms with Crippen LogP contribution in [0.2, 0.25) is 0 Å². The summed E-state index contributed by atoms with van der Waals surface area (Å²) in [6.45, 7) is 5.29. The van der Waals surface area contributed by atoms with E-state index in [4.69, 9.17) is 4.74 Å². The number of rotatable bonds is 5. The fraction of sp³-hybridized carbons (Fsp3) is 0.348. The molecule has 4 rings (SSSR count). The maximum absolute atomic E-state index is 13.3. The van der Waals surface area contributed by atoms with Crippen LogP contribution in [-0.2, 0) is 17.4 Å². The second kappa shape index (κ2) is 7.80. The minimum atomic E-state index is -4.39. The Morgan fingerprint density at radius 2 is 1.97 bits per heavy atom. The van der Waals surface area contributed by atoms with Gasteiger partial charge in [-0.05, 0) is 48.2 Å². The van der Waals surface area contributed by atoms with Crippen molar-refractivity contribution in [2.24, 2.45) is 11.8 Å². The third kappa shape index (κ3) is 4.07. The third-order valence-corrected chi connectivity index (χ3v) is 5.27. The van der Waals surface area contributed by atoms with Crippen molar-refractivity contribution in [2.45, 2.75) is 26.4 Å². The smallest absolute Gasteiger partial charge is 0.416 e. The molecule has 1 N–H and O–H groups in total. The van der Waals surface area contributed by atoms with E-state index in [1.807, 2.05) is 30.7 Å². The van der Waals surface area contributed by atoms with Gasteiger partial charge in [-0.25, -0.2) is 0 Å². The van der Waals surface area contributed by atoms with Gasteiger partial charge in [0.25, 0.3) is 0 Å². The monoisotopic (exact) mass is 416 g/mol. The molecule has 0 aliphatic carbocycles. The van der Waals surface area contributed by atoms with Crippen molar-refractivity contribution in [1.82, 2.24) is 9.88 Å². The van der Waals surface area contributed by atoms with E-state index >= 15 is 0 Å². The highest BCUT2D eigenvalue weighted by Gasteiger charge is 2.31. The van der Waals surface area contributed by atoms with Gasteiger partial charge in [0, 0.05) is 36.4 Å². The Labute approximate surface area is 172 Å². The number of aromatic nitrogens is 1. The van der Waals surface area contributed by atoms with Gasteiger partial charge < -0.3 is 14.6 Å². The van der Waals surface area contributed by atoms with Crippen LogP contribution in [0.1, 0.15) is 25.0 Å². The molecule has 1 aromatic heterocycles. The molecule has 0 atom stereocenters. The number of esters is 1. The molecule has 0 spiro atoms. The van der Waals surface area contributed by atoms with Gasteiger partial charge in [-0.3, -0.25) is 4.79 Å². The Kier molecular flexibility index (Phi) is 5.32. The van der Waals surface area contributed by atoms with E-state index < -0.39 is 11.7 Å². The van der Waals surface area contributed by atoms with Crippen LogP contribution in [0.25, 0.3) is 16.6 Å². The second-order valence-corrected chi connectivity index (χ2v) is 8.13. The molecule has 1 aliphatic heterocycles. The van der Waals surface area contributed by atoms with Crippen LogP contribution in [0.4, 0.5) is 13.2 Å². The Morgan fingerprint density at radius 1 is 1.20 bits per heavy atom. The number of fused-ring (bicyclic) bond motifs is 1. The second-order valence-electron chi connectivity index (χ2n) is 8.13. The van der Waals surface area contributed by atoms with Crippen LogP contribution >= 0.6 is 0 Å². The van der Waals surface area contributed by atoms with Crippen LogP contribution < -0.4 is 10.1 Å². The lowest BCUT2D eigenvalue weighted by Gasteiger charge is -2.24. The average molecular weight is 416 g/mol. The molecule has 2 aromatic carbocycles. The minimum Gasteiger partial charge on any atom is -0.426 e. The van der Waals surface area contributed by atoms with Gasteiger partial charge in [0.2, 0.25) is 0 Å². The van der Waals surface area contributed by atoms with Gasteiger partial charge in [0.05, 0.1) is 17.0 Å². The molecule has 0 bridgehead atoms. The van der Waals surface area contributed by atoms with Crippen molar-refractivity contribution in [3.8, 4) is 11.4 Å². The van der Waals surface area contributed by atoms with Crippen molar-refractivity contribution in [3.63, 3.8) is 0 Å². The van der Waals surface area contributed by atoms with E-state index in [1.165, 1.54) is 12.1 Å². The molecule has 2 heterocycles. The molecule has 4 nitrogen and oxygen atoms in total. The van der Waals surface area contributed by atoms with Gasteiger partial charge >= 0.3 is 12.1 Å². The summed E-state index contributed by atoms with van der Waals surface area (Å²) >= 11 is 0. The molecule has 0 radical (unpaired) electrons. The van der Waals surface area contributed by atoms with Crippen LogP contribution in [0.3, 0.4) is 0 Å². The lowest BCUT2D eigenvalue weighted by Crippen LogP contribution is -2.48. The van der Waals surface area contributed by atoms with E-state index in [2.05, 4.69) is 5.32 Å². The molecule has 30 heavy (non-hydrogen) atoms. The topological polar surface area (TPSA) is 43.3 Å². The standard InChI is InChI=1S/C23H23F3N2O2/c1-14(2)8-15-13-28(21-7-6-17(9-20(15)21)23(24,25)26)18-4-3-5-19(10-18)30-22(29)16-11-27-12-16/h3-7,9-10,13-14,16,27H,8,11-12H2,1-2H3. The highest BCUT2D eigenvalue weighted by Crippen LogP contribution is 2.35. The van der Waals surface area contributed by atoms with Crippen molar-refractivity contribution in [2.75, 3.05) is 13.1 Å². The van der Waals surface area contributed by atoms with Crippen LogP contribution in [0, 0.1) is 11.8 Å². The first-order chi connectivity index (χ1) is 14.2. The van der Waals surface area contributed by atoms with Crippen LogP contribution in [0.15, 0.2) is 48.7 Å². The first-order valence-electron chi connectivity index (χ1n) is 9.96. The van der Waals surface area contributed by atoms with Gasteiger partial charge in [-0.15, -0.1) is 0 Å². The predicted molar refractivity (Wildman–Crippen MR) is 109 cm³/mol. The highest BCUT2D eigenvalue weighted by atomic mass is 19.4. The van der Waals surface area contributed by atoms with Crippen molar-refractivity contribution in [1.29, 1.82) is 0 Å². The fourth-order valence-corrected chi connectivity index (χ4v) is 3.64. The Bertz CT molecular complexity index is 1080. The summed E-state index contributed by atoms with van der Waals surface area (Å²) in [6.07, 6.45) is -1.86. The number of nitrogens with one attached hydrogen (secondary N) is 1. The van der Waals surface area contributed by atoms with E-state index in [0.717, 1.165) is 17.3 Å². The normalized spacial score (nSPS) is 14.9. The molecular formula is C23H23F3N2O2. The van der Waals surface area contributed by atoms with E-state index in [-0.39, 0.29) is 11.9 Å². The first-order valence-corrected chi connectivity index (χ1v) is 9.96. The van der Waals surface area contributed by atoms with Gasteiger partial charge in [-0.2, -0.15) is 13.2 Å². The first kappa shape index (κ1) is 20.5. The lowest BCUT2D eigenvalue weighted by atomic mass is 10.0. The number of carbonyl (C=O) groups is 1. The molecule has 0 amide bonds. The maximum atomic E-state index is 13.3. The minimum absolute atomic E-state index is 0.139. The van der Waals surface area contributed by atoms with Crippen molar-refractivity contribution >= 4 is 16.9 Å². The largest absolute Gasteiger partial charge is 0.426 e. The third-order valence-electron chi connectivity index (χ3n) is 5.27. The SMILES string of the molecule is CC(C)Cc1cn(-c2cccc(OC(=O)C3CNC3)c2)c2ccc(C(F)(F)F)cc12. The summed E-state index contributed by atoms with van der Waals surface area (Å²) < 4.78 is 47.1. The fourth-order valence-electron chi connectivity index (χ4n) is 3.64. The summed E-state index contributed by atoms with van der Waals surface area (Å²) in [5.41, 5.74) is 1.61. The number of hydrogen-bond donors (Lipinski definition) is 1. The van der Waals surface area contributed by atoms with Gasteiger partial charge in [0.15, 0.2) is 0 Å². The number of halogens is 3. The average Bonchev–Trinajstić information content (AvgIpc) is 2.97. The van der Waals surface area contributed by atoms with Gasteiger partial charge in [-0.1, -0.05) is 19.9 Å². The molecule has 1 aliphatic rings. The molecular weight excluding hydrogens is 393 g/mol. The van der Waals surface area contributed by atoms with Crippen LogP contribution in [0.5, 0.6) is 5.75 Å². The number of ether oxygens (including phenoxy) is 1. The predicted octanol–water partition coefficient (Wildman–Crippen LogP) is 4.97. The zero-order chi connectivity index (χ0) is 21.5. The van der Waals surface area contributed by atoms with Crippen molar-refractivity contribution in [3.05, 3.63) is 59.8 Å². The van der Waals surface area contributed by atoms with Crippen LogP contribution in [-0.4, -0.2) is 23.6 Å². The molecule has 1 fully saturated rings. The number of alkyl halides is 3. The summed E-state index contributed by atoms with van der Waals surface area (Å²) in [6, 6.07) is 10.9. The maximum Gasteiger partial charge on any atom is 0.416 e. The zero-order valence-electron chi connectivity index (χ0n) is 16.8. The zero-order valence-corrected chi connectivity index (χ0v) is 16.8. The molecule has 3 aromatic rings. The Hall–Kier alpha value is -2.80. The Morgan fingerprint density at radius 3 is 2.60 bits per heavy atom. The van der Waals surface area contributed by atoms with Crippen molar-refractivity contribution < 1.29 is 22.7 Å². The van der Waals surface area contributed by atoms with Gasteiger partial charge in [0.1, 0.15) is 5.75 Å². The number of benzene rings is 2. The molecule has 7 heteroatoms. The number of hydrogen-bond acceptors (Lipinski definition) is 3. The number of nitrogens with zero attached hydrogens (tertiary/aromatic N) is 1. The van der Waals surface area contributed by atoms with E-state index in [1.54, 1.807) is 18.2 Å². The van der Waals surface area contributed by atoms with E-state index in [9.17, 15) is 18.0 Å². The number of carbonyl (C=O) groups excluding carboxylic acids is 1. The quantitative estimate of drug-likeness (QED) is 0.472. The highest BCUT2D eigenvalue weighted by molar-refractivity contribution is 5.86. The summed E-state index contributed by atoms with van der Waals surface area (Å²) in [4.78, 5) is 12.1. The summed E-state index contributed by atoms with van der Waals surface area (Å²) in [7, 11) is 0. The molecule has 1 saturated heterocycles.